The Kier molecular flexibility index (Phi) is 13.7. The fraction of sp³-hybridized carbons (Fsp3) is 0.188. The van der Waals surface area contributed by atoms with Gasteiger partial charge in [-0.15, -0.1) is 0 Å². The zero-order chi connectivity index (χ0) is 26.8. The van der Waals surface area contributed by atoms with E-state index < -0.39 is 14.5 Å². The lowest BCUT2D eigenvalue weighted by molar-refractivity contribution is -0.138. The number of esters is 2. The first-order valence-electron chi connectivity index (χ1n) is 12.6. The molecule has 0 heterocycles. The highest BCUT2D eigenvalue weighted by molar-refractivity contribution is 7.93. The fourth-order valence-electron chi connectivity index (χ4n) is 5.10. The summed E-state index contributed by atoms with van der Waals surface area (Å²) in [6.07, 6.45) is 2.12. The van der Waals surface area contributed by atoms with Crippen molar-refractivity contribution in [2.75, 3.05) is 38.9 Å². The first kappa shape index (κ1) is 33.8. The van der Waals surface area contributed by atoms with Gasteiger partial charge in [0.2, 0.25) is 0 Å². The van der Waals surface area contributed by atoms with Gasteiger partial charge in [0.05, 0.1) is 50.0 Å². The Balaban J connectivity index is 0.00000280. The molecular formula is C32H34Br2O4P2. The molecule has 210 valence electrons. The van der Waals surface area contributed by atoms with E-state index in [1.54, 1.807) is 0 Å². The molecule has 8 heteroatoms. The molecule has 4 rings (SSSR count). The molecule has 4 aromatic rings. The fourth-order valence-corrected chi connectivity index (χ4v) is 14.6. The van der Waals surface area contributed by atoms with Gasteiger partial charge in [-0.3, -0.25) is 0 Å². The molecular weight excluding hydrogens is 670 g/mol. The lowest BCUT2D eigenvalue weighted by atomic mass is 10.4. The van der Waals surface area contributed by atoms with Crippen LogP contribution >= 0.6 is 14.5 Å². The van der Waals surface area contributed by atoms with Crippen molar-refractivity contribution in [2.45, 2.75) is 0 Å². The monoisotopic (exact) mass is 702 g/mol. The molecule has 0 radical (unpaired) electrons. The molecule has 0 aliphatic carbocycles. The van der Waals surface area contributed by atoms with Crippen molar-refractivity contribution in [3.63, 3.8) is 0 Å². The number of halogens is 2. The molecule has 0 bridgehead atoms. The first-order valence-corrected chi connectivity index (χ1v) is 17.0. The highest BCUT2D eigenvalue weighted by Crippen LogP contribution is 2.63. The van der Waals surface area contributed by atoms with E-state index in [2.05, 4.69) is 48.5 Å². The number of hydrogen-bond acceptors (Lipinski definition) is 4. The largest absolute Gasteiger partial charge is 1.00 e. The molecule has 0 saturated carbocycles. The summed E-state index contributed by atoms with van der Waals surface area (Å²) in [7, 11) is -1.62. The van der Waals surface area contributed by atoms with Crippen molar-refractivity contribution in [2.24, 2.45) is 0 Å². The molecule has 0 unspecified atom stereocenters. The molecule has 0 spiro atoms. The van der Waals surface area contributed by atoms with Gasteiger partial charge in [0, 0.05) is 0 Å². The predicted molar refractivity (Wildman–Crippen MR) is 162 cm³/mol. The average molecular weight is 704 g/mol. The minimum absolute atomic E-state index is 0. The third kappa shape index (κ3) is 7.68. The van der Waals surface area contributed by atoms with Crippen LogP contribution in [0.15, 0.2) is 121 Å². The van der Waals surface area contributed by atoms with Gasteiger partial charge in [-0.2, -0.15) is 0 Å². The van der Waals surface area contributed by atoms with E-state index in [4.69, 9.17) is 9.47 Å². The van der Waals surface area contributed by atoms with Crippen molar-refractivity contribution in [3.8, 4) is 0 Å². The maximum atomic E-state index is 13.0. The third-order valence-corrected chi connectivity index (χ3v) is 16.2. The summed E-state index contributed by atoms with van der Waals surface area (Å²) < 4.78 is 10.5. The summed E-state index contributed by atoms with van der Waals surface area (Å²) in [4.78, 5) is 26.0. The standard InChI is InChI=1S/C32H34O4P2.2BrH/c1-35-31(33)25-37(27-15-7-3-8-16-27,28-17-9-4-10-18-28)23-24-38(26-32(34)36-2,29-19-11-5-12-20-29)30-21-13-6-14-22-30;;/h3-22H,23-26H2,1-2H3;2*1H/q+2;;/p-2. The van der Waals surface area contributed by atoms with Crippen molar-refractivity contribution in [1.82, 2.24) is 0 Å². The van der Waals surface area contributed by atoms with Crippen LogP contribution in [0.4, 0.5) is 0 Å². The summed E-state index contributed by atoms with van der Waals surface area (Å²) in [6.45, 7) is 0. The lowest BCUT2D eigenvalue weighted by Crippen LogP contribution is -3.00. The van der Waals surface area contributed by atoms with Gasteiger partial charge in [-0.25, -0.2) is 9.59 Å². The molecule has 0 amide bonds. The second kappa shape index (κ2) is 16.2. The number of rotatable bonds is 11. The van der Waals surface area contributed by atoms with E-state index in [1.807, 2.05) is 72.8 Å². The number of benzene rings is 4. The van der Waals surface area contributed by atoms with Gasteiger partial charge in [-0.05, 0) is 48.5 Å². The predicted octanol–water partition coefficient (Wildman–Crippen LogP) is -1.32. The summed E-state index contributed by atoms with van der Waals surface area (Å²) in [6, 6.07) is 41.4. The van der Waals surface area contributed by atoms with E-state index in [1.165, 1.54) is 14.2 Å². The Labute approximate surface area is 259 Å². The summed E-state index contributed by atoms with van der Waals surface area (Å²) in [5, 5.41) is 4.64. The molecule has 0 N–H and O–H groups in total. The quantitative estimate of drug-likeness (QED) is 0.144. The van der Waals surface area contributed by atoms with E-state index in [0.717, 1.165) is 33.5 Å². The van der Waals surface area contributed by atoms with Crippen LogP contribution in [0, 0.1) is 0 Å². The molecule has 4 aromatic carbocycles. The second-order valence-electron chi connectivity index (χ2n) is 9.19. The summed E-state index contributed by atoms with van der Waals surface area (Å²) in [5.74, 6) is -0.440. The maximum absolute atomic E-state index is 13.0. The van der Waals surface area contributed by atoms with Crippen LogP contribution in [-0.2, 0) is 19.1 Å². The smallest absolute Gasteiger partial charge is 0.344 e. The normalized spacial score (nSPS) is 10.9. The molecule has 4 nitrogen and oxygen atoms in total. The first-order chi connectivity index (χ1) is 18.5. The lowest BCUT2D eigenvalue weighted by Gasteiger charge is -2.31. The molecule has 0 saturated heterocycles. The second-order valence-corrected chi connectivity index (χ2v) is 16.7. The van der Waals surface area contributed by atoms with Gasteiger partial charge in [0.25, 0.3) is 0 Å². The van der Waals surface area contributed by atoms with Crippen molar-refractivity contribution >= 4 is 47.7 Å². The van der Waals surface area contributed by atoms with Crippen molar-refractivity contribution in [1.29, 1.82) is 0 Å². The summed E-state index contributed by atoms with van der Waals surface area (Å²) >= 11 is 0. The van der Waals surface area contributed by atoms with Crippen LogP contribution in [-0.4, -0.2) is 50.8 Å². The Bertz CT molecular complexity index is 1140. The van der Waals surface area contributed by atoms with Gasteiger partial charge in [0.15, 0.2) is 12.3 Å². The van der Waals surface area contributed by atoms with Crippen LogP contribution in [0.1, 0.15) is 0 Å². The SMILES string of the molecule is COC(=O)C[P+](CC[P+](CC(=O)OC)(c1ccccc1)c1ccccc1)(c1ccccc1)c1ccccc1.[Br-].[Br-]. The topological polar surface area (TPSA) is 52.6 Å². The minimum atomic E-state index is -2.26. The molecule has 0 aromatic heterocycles. The van der Waals surface area contributed by atoms with Gasteiger partial charge in [0.1, 0.15) is 12.3 Å². The number of carbonyl (C=O) groups excluding carboxylic acids is 2. The summed E-state index contributed by atoms with van der Waals surface area (Å²) in [5.41, 5.74) is 0. The van der Waals surface area contributed by atoms with Crippen LogP contribution in [0.2, 0.25) is 0 Å². The molecule has 0 aliphatic heterocycles. The molecule has 40 heavy (non-hydrogen) atoms. The van der Waals surface area contributed by atoms with Crippen molar-refractivity contribution < 1.29 is 53.0 Å². The number of hydrogen-bond donors (Lipinski definition) is 0. The third-order valence-electron chi connectivity index (χ3n) is 7.12. The Morgan fingerprint density at radius 2 is 0.700 bits per heavy atom. The van der Waals surface area contributed by atoms with E-state index in [0.29, 0.717) is 12.3 Å². The van der Waals surface area contributed by atoms with Crippen LogP contribution in [0.5, 0.6) is 0 Å². The minimum Gasteiger partial charge on any atom is -1.00 e. The Morgan fingerprint density at radius 3 is 0.900 bits per heavy atom. The van der Waals surface area contributed by atoms with Crippen LogP contribution in [0.3, 0.4) is 0 Å². The highest BCUT2D eigenvalue weighted by atomic mass is 79.9. The van der Waals surface area contributed by atoms with Crippen LogP contribution in [0.25, 0.3) is 0 Å². The van der Waals surface area contributed by atoms with E-state index in [9.17, 15) is 9.59 Å². The number of carbonyl (C=O) groups is 2. The van der Waals surface area contributed by atoms with Gasteiger partial charge in [-0.1, -0.05) is 72.8 Å². The maximum Gasteiger partial charge on any atom is 0.344 e. The molecule has 0 fully saturated rings. The average Bonchev–Trinajstić information content (AvgIpc) is 3.00. The van der Waals surface area contributed by atoms with Gasteiger partial charge < -0.3 is 43.4 Å². The zero-order valence-corrected chi connectivity index (χ0v) is 27.6. The van der Waals surface area contributed by atoms with Crippen molar-refractivity contribution in [3.05, 3.63) is 121 Å². The molecule has 0 atom stereocenters. The number of ether oxygens (including phenoxy) is 2. The van der Waals surface area contributed by atoms with E-state index in [-0.39, 0.29) is 45.9 Å². The Hall–Kier alpha value is -2.36. The Morgan fingerprint density at radius 1 is 0.475 bits per heavy atom. The van der Waals surface area contributed by atoms with Crippen LogP contribution < -0.4 is 55.2 Å². The highest BCUT2D eigenvalue weighted by Gasteiger charge is 2.52. The zero-order valence-electron chi connectivity index (χ0n) is 22.7. The number of methoxy groups -OCH3 is 2. The van der Waals surface area contributed by atoms with E-state index >= 15 is 0 Å². The molecule has 0 aliphatic rings. The van der Waals surface area contributed by atoms with Gasteiger partial charge >= 0.3 is 11.9 Å².